The lowest BCUT2D eigenvalue weighted by atomic mass is 10.3. The minimum Gasteiger partial charge on any atom is -0.395 e. The highest BCUT2D eigenvalue weighted by molar-refractivity contribution is 7.80. The molecule has 1 aromatic rings. The van der Waals surface area contributed by atoms with Gasteiger partial charge in [0.15, 0.2) is 0 Å². The van der Waals surface area contributed by atoms with E-state index in [1.165, 1.54) is 6.08 Å². The quantitative estimate of drug-likeness (QED) is 0.551. The molecule has 1 aliphatic heterocycles. The lowest BCUT2D eigenvalue weighted by molar-refractivity contribution is -0.137. The van der Waals surface area contributed by atoms with E-state index in [1.807, 2.05) is 6.07 Å². The molecular formula is C12H12N2O3S. The highest BCUT2D eigenvalue weighted by Gasteiger charge is 2.30. The number of nitrogens with one attached hydrogen (secondary N) is 1. The smallest absolute Gasteiger partial charge is 0.277 e. The summed E-state index contributed by atoms with van der Waals surface area (Å²) in [5.41, 5.74) is 0.883. The van der Waals surface area contributed by atoms with Gasteiger partial charge < -0.3 is 10.4 Å². The van der Waals surface area contributed by atoms with Gasteiger partial charge in [-0.15, -0.1) is 12.6 Å². The number of aliphatic hydroxyl groups is 1. The fraction of sp³-hybridized carbons (Fsp3) is 0.167. The van der Waals surface area contributed by atoms with Crippen molar-refractivity contribution in [2.45, 2.75) is 4.90 Å². The Labute approximate surface area is 110 Å². The van der Waals surface area contributed by atoms with Crippen molar-refractivity contribution in [1.29, 1.82) is 0 Å². The van der Waals surface area contributed by atoms with Crippen molar-refractivity contribution < 1.29 is 14.7 Å². The van der Waals surface area contributed by atoms with E-state index in [0.717, 1.165) is 9.80 Å². The van der Waals surface area contributed by atoms with Crippen LogP contribution in [0.1, 0.15) is 0 Å². The molecule has 18 heavy (non-hydrogen) atoms. The van der Waals surface area contributed by atoms with E-state index in [0.29, 0.717) is 5.69 Å². The van der Waals surface area contributed by atoms with Crippen LogP contribution in [0.3, 0.4) is 0 Å². The van der Waals surface area contributed by atoms with Crippen LogP contribution in [0.25, 0.3) is 0 Å². The monoisotopic (exact) mass is 264 g/mol. The number of benzene rings is 1. The molecule has 0 radical (unpaired) electrons. The van der Waals surface area contributed by atoms with Crippen LogP contribution in [-0.4, -0.2) is 35.0 Å². The third-order valence-electron chi connectivity index (χ3n) is 2.46. The minimum atomic E-state index is -0.432. The van der Waals surface area contributed by atoms with Crippen molar-refractivity contribution in [3.63, 3.8) is 0 Å². The van der Waals surface area contributed by atoms with Crippen molar-refractivity contribution in [2.24, 2.45) is 0 Å². The van der Waals surface area contributed by atoms with Gasteiger partial charge in [0.25, 0.3) is 11.8 Å². The second kappa shape index (κ2) is 5.24. The zero-order chi connectivity index (χ0) is 13.1. The van der Waals surface area contributed by atoms with Crippen LogP contribution in [0, 0.1) is 0 Å². The Kier molecular flexibility index (Phi) is 3.69. The molecule has 0 aliphatic carbocycles. The van der Waals surface area contributed by atoms with Crippen molar-refractivity contribution in [3.05, 3.63) is 36.0 Å². The van der Waals surface area contributed by atoms with Gasteiger partial charge in [0.05, 0.1) is 13.2 Å². The molecule has 0 saturated heterocycles. The topological polar surface area (TPSA) is 69.6 Å². The van der Waals surface area contributed by atoms with E-state index in [2.05, 4.69) is 17.9 Å². The first-order valence-electron chi connectivity index (χ1n) is 5.36. The predicted octanol–water partition coefficient (Wildman–Crippen LogP) is 0.632. The second-order valence-corrected chi connectivity index (χ2v) is 4.27. The van der Waals surface area contributed by atoms with Gasteiger partial charge in [-0.3, -0.25) is 14.5 Å². The average molecular weight is 264 g/mol. The largest absolute Gasteiger partial charge is 0.395 e. The fourth-order valence-electron chi connectivity index (χ4n) is 1.65. The maximum absolute atomic E-state index is 11.8. The molecule has 2 N–H and O–H groups in total. The zero-order valence-electron chi connectivity index (χ0n) is 9.46. The summed E-state index contributed by atoms with van der Waals surface area (Å²) < 4.78 is 0. The molecule has 1 aromatic carbocycles. The van der Waals surface area contributed by atoms with Crippen LogP contribution in [-0.2, 0) is 9.59 Å². The lowest BCUT2D eigenvalue weighted by Gasteiger charge is -2.13. The highest BCUT2D eigenvalue weighted by Crippen LogP contribution is 2.19. The normalized spacial score (nSPS) is 15.0. The van der Waals surface area contributed by atoms with Gasteiger partial charge in [-0.1, -0.05) is 6.07 Å². The van der Waals surface area contributed by atoms with Crippen LogP contribution in [0.2, 0.25) is 0 Å². The van der Waals surface area contributed by atoms with Gasteiger partial charge in [0, 0.05) is 16.7 Å². The summed E-state index contributed by atoms with van der Waals surface area (Å²) in [6, 6.07) is 7.11. The number of anilines is 1. The summed E-state index contributed by atoms with van der Waals surface area (Å²) in [4.78, 5) is 25.1. The number of hydrogen-bond donors (Lipinski definition) is 3. The van der Waals surface area contributed by atoms with Crippen LogP contribution in [0.15, 0.2) is 40.9 Å². The summed E-state index contributed by atoms with van der Waals surface area (Å²) in [5, 5.41) is 11.6. The molecule has 0 atom stereocenters. The number of carbonyl (C=O) groups is 2. The minimum absolute atomic E-state index is 0.00591. The molecule has 2 rings (SSSR count). The van der Waals surface area contributed by atoms with Gasteiger partial charge >= 0.3 is 0 Å². The molecule has 1 aliphatic rings. The summed E-state index contributed by atoms with van der Waals surface area (Å²) >= 11 is 4.19. The summed E-state index contributed by atoms with van der Waals surface area (Å²) in [6.45, 7) is -0.239. The van der Waals surface area contributed by atoms with E-state index in [1.54, 1.807) is 18.2 Å². The molecule has 6 heteroatoms. The average Bonchev–Trinajstić information content (AvgIpc) is 2.57. The lowest BCUT2D eigenvalue weighted by Crippen LogP contribution is -2.34. The molecule has 0 aromatic heterocycles. The van der Waals surface area contributed by atoms with Crippen molar-refractivity contribution >= 4 is 30.1 Å². The third kappa shape index (κ3) is 2.55. The van der Waals surface area contributed by atoms with E-state index >= 15 is 0 Å². The van der Waals surface area contributed by atoms with Gasteiger partial charge in [0.1, 0.15) is 5.70 Å². The molecule has 0 bridgehead atoms. The maximum atomic E-state index is 11.8. The summed E-state index contributed by atoms with van der Waals surface area (Å²) in [7, 11) is 0. The SMILES string of the molecule is O=C1C=C(Nc2cccc(S)c2)C(=O)N1CCO. The zero-order valence-corrected chi connectivity index (χ0v) is 10.4. The molecule has 1 heterocycles. The van der Waals surface area contributed by atoms with Crippen LogP contribution < -0.4 is 5.32 Å². The van der Waals surface area contributed by atoms with Crippen LogP contribution in [0.5, 0.6) is 0 Å². The van der Waals surface area contributed by atoms with Gasteiger partial charge in [0.2, 0.25) is 0 Å². The maximum Gasteiger partial charge on any atom is 0.277 e. The Balaban J connectivity index is 2.14. The van der Waals surface area contributed by atoms with E-state index in [9.17, 15) is 9.59 Å². The van der Waals surface area contributed by atoms with Crippen molar-refractivity contribution in [1.82, 2.24) is 4.90 Å². The first-order chi connectivity index (χ1) is 8.61. The Hall–Kier alpha value is -1.79. The van der Waals surface area contributed by atoms with Crippen molar-refractivity contribution in [2.75, 3.05) is 18.5 Å². The van der Waals surface area contributed by atoms with E-state index < -0.39 is 11.8 Å². The molecular weight excluding hydrogens is 252 g/mol. The fourth-order valence-corrected chi connectivity index (χ4v) is 1.87. The number of rotatable bonds is 4. The number of amides is 2. The Morgan fingerprint density at radius 1 is 1.33 bits per heavy atom. The number of imide groups is 1. The van der Waals surface area contributed by atoms with Gasteiger partial charge in [-0.25, -0.2) is 0 Å². The van der Waals surface area contributed by atoms with Gasteiger partial charge in [-0.05, 0) is 18.2 Å². The second-order valence-electron chi connectivity index (χ2n) is 3.75. The third-order valence-corrected chi connectivity index (χ3v) is 2.74. The number of β-amino-alcohol motifs (C(OH)–C–C–N with tert-alkyl or cyclic N) is 1. The molecule has 0 fully saturated rings. The molecule has 2 amide bonds. The van der Waals surface area contributed by atoms with Crippen molar-refractivity contribution in [3.8, 4) is 0 Å². The van der Waals surface area contributed by atoms with Crippen LogP contribution >= 0.6 is 12.6 Å². The Morgan fingerprint density at radius 2 is 2.11 bits per heavy atom. The molecule has 94 valence electrons. The summed E-state index contributed by atoms with van der Waals surface area (Å²) in [6.07, 6.45) is 1.23. The molecule has 0 unspecified atom stereocenters. The Morgan fingerprint density at radius 3 is 2.78 bits per heavy atom. The molecule has 5 nitrogen and oxygen atoms in total. The summed E-state index contributed by atoms with van der Waals surface area (Å²) in [5.74, 6) is -0.850. The molecule has 0 saturated carbocycles. The molecule has 0 spiro atoms. The number of nitrogens with zero attached hydrogens (tertiary/aromatic N) is 1. The van der Waals surface area contributed by atoms with Gasteiger partial charge in [-0.2, -0.15) is 0 Å². The number of hydrogen-bond acceptors (Lipinski definition) is 5. The Bertz CT molecular complexity index is 528. The van der Waals surface area contributed by atoms with E-state index in [-0.39, 0.29) is 18.8 Å². The van der Waals surface area contributed by atoms with Crippen LogP contribution in [0.4, 0.5) is 5.69 Å². The first-order valence-corrected chi connectivity index (χ1v) is 5.81. The highest BCUT2D eigenvalue weighted by atomic mass is 32.1. The predicted molar refractivity (Wildman–Crippen MR) is 69.2 cm³/mol. The number of thiol groups is 1. The van der Waals surface area contributed by atoms with E-state index in [4.69, 9.17) is 5.11 Å². The number of carbonyl (C=O) groups excluding carboxylic acids is 2. The first kappa shape index (κ1) is 12.7. The number of aliphatic hydroxyl groups excluding tert-OH is 1. The standard InChI is InChI=1S/C12H12N2O3S/c15-5-4-14-11(16)7-10(12(14)17)13-8-2-1-3-9(18)6-8/h1-3,6-7,13,15,18H,4-5H2.